The van der Waals surface area contributed by atoms with Crippen LogP contribution in [-0.2, 0) is 0 Å². The van der Waals surface area contributed by atoms with Gasteiger partial charge in [-0.3, -0.25) is 9.55 Å². The monoisotopic (exact) mass is 555 g/mol. The Labute approximate surface area is 244 Å². The van der Waals surface area contributed by atoms with E-state index in [0.717, 1.165) is 43.8 Å². The Morgan fingerprint density at radius 2 is 1.24 bits per heavy atom. The molecule has 6 heteroatoms. The van der Waals surface area contributed by atoms with Crippen LogP contribution in [0.25, 0.3) is 81.6 Å². The van der Waals surface area contributed by atoms with Crippen molar-refractivity contribution in [2.75, 3.05) is 0 Å². The topological polar surface area (TPSA) is 56.5 Å². The van der Waals surface area contributed by atoms with Gasteiger partial charge in [-0.1, -0.05) is 97.1 Å². The molecule has 0 fully saturated rings. The van der Waals surface area contributed by atoms with E-state index in [1.165, 1.54) is 20.2 Å². The number of aromatic nitrogens is 5. The van der Waals surface area contributed by atoms with Gasteiger partial charge in [0.15, 0.2) is 11.6 Å². The molecule has 196 valence electrons. The van der Waals surface area contributed by atoms with Crippen molar-refractivity contribution in [3.8, 4) is 28.7 Å². The summed E-state index contributed by atoms with van der Waals surface area (Å²) in [6.07, 6.45) is 1.85. The molecule has 0 saturated heterocycles. The smallest absolute Gasteiger partial charge is 0.238 e. The molecule has 0 radical (unpaired) electrons. The van der Waals surface area contributed by atoms with Crippen LogP contribution in [0.2, 0.25) is 0 Å². The molecule has 0 atom stereocenters. The zero-order valence-corrected chi connectivity index (χ0v) is 23.1. The molecule has 5 aromatic carbocycles. The first kappa shape index (κ1) is 23.3. The van der Waals surface area contributed by atoms with Gasteiger partial charge in [-0.2, -0.15) is 9.97 Å². The molecule has 5 nitrogen and oxygen atoms in total. The lowest BCUT2D eigenvalue weighted by Crippen LogP contribution is -2.06. The van der Waals surface area contributed by atoms with Gasteiger partial charge < -0.3 is 0 Å². The van der Waals surface area contributed by atoms with Gasteiger partial charge in [-0.15, -0.1) is 11.3 Å². The van der Waals surface area contributed by atoms with Crippen molar-refractivity contribution in [2.45, 2.75) is 0 Å². The molecule has 0 unspecified atom stereocenters. The molecule has 0 bridgehead atoms. The fourth-order valence-electron chi connectivity index (χ4n) is 5.95. The Hall–Kier alpha value is -5.46. The van der Waals surface area contributed by atoms with Gasteiger partial charge >= 0.3 is 0 Å². The van der Waals surface area contributed by atoms with Gasteiger partial charge in [0.25, 0.3) is 0 Å². The largest absolute Gasteiger partial charge is 0.276 e. The number of rotatable bonds is 3. The SMILES string of the molecule is c1ccc(-c2nc(-c3ccccc3)nc(-n3c4cc5cccnc5cc4c4ccc5c6ccccc6sc5c43)n2)cc1. The Morgan fingerprint density at radius 3 is 2.00 bits per heavy atom. The maximum absolute atomic E-state index is 5.14. The molecule has 4 heterocycles. The van der Waals surface area contributed by atoms with Gasteiger partial charge in [0.2, 0.25) is 5.95 Å². The molecule has 0 saturated carbocycles. The normalized spacial score (nSPS) is 11.8. The van der Waals surface area contributed by atoms with Crippen LogP contribution < -0.4 is 0 Å². The molecule has 0 aliphatic heterocycles. The van der Waals surface area contributed by atoms with Crippen molar-refractivity contribution in [3.05, 3.63) is 128 Å². The van der Waals surface area contributed by atoms with Crippen LogP contribution >= 0.6 is 11.3 Å². The summed E-state index contributed by atoms with van der Waals surface area (Å²) in [5.74, 6) is 1.87. The molecule has 0 amide bonds. The van der Waals surface area contributed by atoms with Gasteiger partial charge in [0.1, 0.15) is 0 Å². The van der Waals surface area contributed by atoms with E-state index in [4.69, 9.17) is 15.0 Å². The third kappa shape index (κ3) is 3.49. The standard InChI is InChI=1S/C36H21N5S/c1-3-10-22(11-4-1)34-38-35(23-12-5-2-6-13-23)40-36(39-34)41-30-20-24-14-9-19-37-29(24)21-28(30)26-17-18-27-25-15-7-8-16-31(25)42-33(27)32(26)41/h1-21H. The van der Waals surface area contributed by atoms with Crippen LogP contribution in [0.1, 0.15) is 0 Å². The summed E-state index contributed by atoms with van der Waals surface area (Å²) in [5, 5.41) is 5.84. The van der Waals surface area contributed by atoms with E-state index in [1.807, 2.05) is 84.3 Å². The first-order chi connectivity index (χ1) is 20.8. The first-order valence-electron chi connectivity index (χ1n) is 13.8. The van der Waals surface area contributed by atoms with Gasteiger partial charge in [0.05, 0.1) is 21.3 Å². The lowest BCUT2D eigenvalue weighted by atomic mass is 10.1. The summed E-state index contributed by atoms with van der Waals surface area (Å²) in [4.78, 5) is 19.9. The van der Waals surface area contributed by atoms with E-state index in [9.17, 15) is 0 Å². The highest BCUT2D eigenvalue weighted by Crippen LogP contribution is 2.43. The van der Waals surface area contributed by atoms with Crippen molar-refractivity contribution in [3.63, 3.8) is 0 Å². The zero-order chi connectivity index (χ0) is 27.6. The maximum Gasteiger partial charge on any atom is 0.238 e. The summed E-state index contributed by atoms with van der Waals surface area (Å²) < 4.78 is 4.70. The van der Waals surface area contributed by atoms with Crippen molar-refractivity contribution in [1.29, 1.82) is 0 Å². The van der Waals surface area contributed by atoms with Gasteiger partial charge in [-0.25, -0.2) is 4.98 Å². The fourth-order valence-corrected chi connectivity index (χ4v) is 7.19. The number of fused-ring (bicyclic) bond motifs is 8. The first-order valence-corrected chi connectivity index (χ1v) is 14.6. The van der Waals surface area contributed by atoms with Crippen LogP contribution in [-0.4, -0.2) is 24.5 Å². The minimum Gasteiger partial charge on any atom is -0.276 e. The molecule has 0 aliphatic rings. The highest BCUT2D eigenvalue weighted by molar-refractivity contribution is 7.26. The predicted octanol–water partition coefficient (Wildman–Crippen LogP) is 9.22. The second-order valence-electron chi connectivity index (χ2n) is 10.4. The van der Waals surface area contributed by atoms with Crippen LogP contribution in [0, 0.1) is 0 Å². The second kappa shape index (κ2) is 9.03. The minimum absolute atomic E-state index is 0.593. The van der Waals surface area contributed by atoms with E-state index < -0.39 is 0 Å². The lowest BCUT2D eigenvalue weighted by molar-refractivity contribution is 0.956. The van der Waals surface area contributed by atoms with E-state index in [0.29, 0.717) is 17.6 Å². The molecule has 4 aromatic heterocycles. The van der Waals surface area contributed by atoms with Crippen molar-refractivity contribution >= 4 is 64.2 Å². The van der Waals surface area contributed by atoms with E-state index in [1.54, 1.807) is 0 Å². The number of benzene rings is 5. The number of hydrogen-bond acceptors (Lipinski definition) is 5. The number of thiophene rings is 1. The van der Waals surface area contributed by atoms with Crippen LogP contribution in [0.4, 0.5) is 0 Å². The highest BCUT2D eigenvalue weighted by atomic mass is 32.1. The van der Waals surface area contributed by atoms with E-state index in [-0.39, 0.29) is 0 Å². The summed E-state index contributed by atoms with van der Waals surface area (Å²) in [6.45, 7) is 0. The van der Waals surface area contributed by atoms with E-state index in [2.05, 4.69) is 64.1 Å². The van der Waals surface area contributed by atoms with Crippen LogP contribution in [0.5, 0.6) is 0 Å². The summed E-state index contributed by atoms with van der Waals surface area (Å²) in [6, 6.07) is 41.9. The number of nitrogens with zero attached hydrogens (tertiary/aromatic N) is 5. The summed E-state index contributed by atoms with van der Waals surface area (Å²) in [7, 11) is 0. The Balaban J connectivity index is 1.47. The fraction of sp³-hybridized carbons (Fsp3) is 0. The second-order valence-corrected chi connectivity index (χ2v) is 11.4. The molecule has 42 heavy (non-hydrogen) atoms. The molecule has 9 aromatic rings. The Bertz CT molecular complexity index is 2400. The summed E-state index contributed by atoms with van der Waals surface area (Å²) >= 11 is 1.81. The molecule has 9 rings (SSSR count). The summed E-state index contributed by atoms with van der Waals surface area (Å²) in [5.41, 5.74) is 5.00. The highest BCUT2D eigenvalue weighted by Gasteiger charge is 2.21. The van der Waals surface area contributed by atoms with Crippen LogP contribution in [0.3, 0.4) is 0 Å². The van der Waals surface area contributed by atoms with Crippen molar-refractivity contribution < 1.29 is 0 Å². The molecular formula is C36H21N5S. The van der Waals surface area contributed by atoms with Crippen LogP contribution in [0.15, 0.2) is 128 Å². The molecule has 0 N–H and O–H groups in total. The molecular weight excluding hydrogens is 534 g/mol. The number of hydrogen-bond donors (Lipinski definition) is 0. The van der Waals surface area contributed by atoms with Gasteiger partial charge in [-0.05, 0) is 24.3 Å². The Kier molecular flexibility index (Phi) is 5.00. The van der Waals surface area contributed by atoms with Crippen molar-refractivity contribution in [1.82, 2.24) is 24.5 Å². The van der Waals surface area contributed by atoms with Gasteiger partial charge in [0, 0.05) is 49.0 Å². The average molecular weight is 556 g/mol. The zero-order valence-electron chi connectivity index (χ0n) is 22.3. The quantitative estimate of drug-likeness (QED) is 0.218. The predicted molar refractivity (Wildman–Crippen MR) is 173 cm³/mol. The minimum atomic E-state index is 0.593. The third-order valence-corrected chi connectivity index (χ3v) is 9.08. The average Bonchev–Trinajstić information content (AvgIpc) is 3.60. The lowest BCUT2D eigenvalue weighted by Gasteiger charge is -2.11. The number of pyridine rings is 1. The Morgan fingerprint density at radius 1 is 0.548 bits per heavy atom. The molecule has 0 spiro atoms. The maximum atomic E-state index is 5.14. The third-order valence-electron chi connectivity index (χ3n) is 7.88. The molecule has 0 aliphatic carbocycles. The van der Waals surface area contributed by atoms with E-state index >= 15 is 0 Å². The van der Waals surface area contributed by atoms with Crippen molar-refractivity contribution in [2.24, 2.45) is 0 Å².